The van der Waals surface area contributed by atoms with Crippen LogP contribution < -0.4 is 5.56 Å². The van der Waals surface area contributed by atoms with Crippen LogP contribution in [0, 0.1) is 0 Å². The molecule has 0 bridgehead atoms. The van der Waals surface area contributed by atoms with Crippen LogP contribution in [0.5, 0.6) is 0 Å². The molecule has 0 saturated heterocycles. The summed E-state index contributed by atoms with van der Waals surface area (Å²) in [5, 5.41) is 0. The van der Waals surface area contributed by atoms with E-state index in [2.05, 4.69) is 6.08 Å². The van der Waals surface area contributed by atoms with Gasteiger partial charge in [-0.3, -0.25) is 9.20 Å². The Hall–Kier alpha value is -3.25. The standard InChI is InChI=1S/C24H25N3O3/c1-26(2)13-14-30-24(29)19-11-12-21-25-22-18(15-17-7-4-3-5-8-17)9-6-10-20(22)23(28)27(21)16-19/h3-5,7-8,11-12,15-16H,6,9-10,13-14H2,1-2H3. The van der Waals surface area contributed by atoms with Gasteiger partial charge in [0.05, 0.1) is 11.3 Å². The van der Waals surface area contributed by atoms with Crippen molar-refractivity contribution in [3.8, 4) is 0 Å². The SMILES string of the molecule is CN(C)CCOC(=O)c1ccc2nc3c(c(=O)n2c1)CCCC3=Cc1ccccc1. The van der Waals surface area contributed by atoms with Crippen molar-refractivity contribution in [1.82, 2.24) is 14.3 Å². The van der Waals surface area contributed by atoms with Crippen LogP contribution in [0.15, 0.2) is 53.5 Å². The van der Waals surface area contributed by atoms with E-state index < -0.39 is 5.97 Å². The molecule has 0 radical (unpaired) electrons. The van der Waals surface area contributed by atoms with Gasteiger partial charge in [-0.1, -0.05) is 30.3 Å². The Morgan fingerprint density at radius 2 is 1.97 bits per heavy atom. The molecule has 154 valence electrons. The lowest BCUT2D eigenvalue weighted by molar-refractivity contribution is 0.0481. The van der Waals surface area contributed by atoms with E-state index in [0.717, 1.165) is 29.7 Å². The molecule has 30 heavy (non-hydrogen) atoms. The normalized spacial score (nSPS) is 14.8. The number of ether oxygens (including phenoxy) is 1. The molecule has 0 unspecified atom stereocenters. The van der Waals surface area contributed by atoms with Gasteiger partial charge in [0.15, 0.2) is 0 Å². The summed E-state index contributed by atoms with van der Waals surface area (Å²) in [5.41, 5.74) is 4.42. The molecular formula is C24H25N3O3. The van der Waals surface area contributed by atoms with Gasteiger partial charge in [-0.25, -0.2) is 9.78 Å². The molecule has 6 heteroatoms. The smallest absolute Gasteiger partial charge is 0.339 e. The van der Waals surface area contributed by atoms with E-state index in [0.29, 0.717) is 36.3 Å². The second-order valence-electron chi connectivity index (χ2n) is 7.76. The number of carbonyl (C=O) groups excluding carboxylic acids is 1. The molecule has 0 aliphatic heterocycles. The number of nitrogens with zero attached hydrogens (tertiary/aromatic N) is 3. The van der Waals surface area contributed by atoms with E-state index in [-0.39, 0.29) is 5.56 Å². The molecule has 0 fully saturated rings. The molecule has 2 heterocycles. The van der Waals surface area contributed by atoms with Crippen LogP contribution in [0.1, 0.15) is 40.0 Å². The molecule has 0 N–H and O–H groups in total. The Balaban J connectivity index is 1.70. The number of benzene rings is 1. The van der Waals surface area contributed by atoms with Gasteiger partial charge in [0.25, 0.3) is 5.56 Å². The average molecular weight is 403 g/mol. The maximum absolute atomic E-state index is 13.2. The van der Waals surface area contributed by atoms with Crippen LogP contribution in [0.3, 0.4) is 0 Å². The molecule has 0 spiro atoms. The highest BCUT2D eigenvalue weighted by atomic mass is 16.5. The number of allylic oxidation sites excluding steroid dienone is 1. The quantitative estimate of drug-likeness (QED) is 0.612. The number of hydrogen-bond acceptors (Lipinski definition) is 5. The predicted octanol–water partition coefficient (Wildman–Crippen LogP) is 3.29. The number of rotatable bonds is 5. The summed E-state index contributed by atoms with van der Waals surface area (Å²) in [4.78, 5) is 32.2. The lowest BCUT2D eigenvalue weighted by atomic mass is 9.91. The maximum atomic E-state index is 13.2. The summed E-state index contributed by atoms with van der Waals surface area (Å²) in [6, 6.07) is 13.4. The van der Waals surface area contributed by atoms with E-state index in [4.69, 9.17) is 9.72 Å². The van der Waals surface area contributed by atoms with Crippen LogP contribution in [-0.2, 0) is 11.2 Å². The fourth-order valence-electron chi connectivity index (χ4n) is 3.66. The lowest BCUT2D eigenvalue weighted by Gasteiger charge is -2.19. The molecule has 1 aliphatic carbocycles. The third-order valence-corrected chi connectivity index (χ3v) is 5.24. The van der Waals surface area contributed by atoms with Gasteiger partial charge in [0.1, 0.15) is 12.3 Å². The van der Waals surface area contributed by atoms with Crippen LogP contribution >= 0.6 is 0 Å². The number of esters is 1. The second-order valence-corrected chi connectivity index (χ2v) is 7.76. The minimum atomic E-state index is -0.437. The lowest BCUT2D eigenvalue weighted by Crippen LogP contribution is -2.25. The first-order valence-electron chi connectivity index (χ1n) is 10.2. The van der Waals surface area contributed by atoms with Gasteiger partial charge in [-0.05, 0) is 62.7 Å². The van der Waals surface area contributed by atoms with E-state index in [1.165, 1.54) is 10.6 Å². The number of fused-ring (bicyclic) bond motifs is 2. The number of pyridine rings is 1. The van der Waals surface area contributed by atoms with Gasteiger partial charge < -0.3 is 9.64 Å². The van der Waals surface area contributed by atoms with Crippen molar-refractivity contribution in [3.63, 3.8) is 0 Å². The van der Waals surface area contributed by atoms with Crippen molar-refractivity contribution >= 4 is 23.3 Å². The minimum Gasteiger partial charge on any atom is -0.461 e. The summed E-state index contributed by atoms with van der Waals surface area (Å²) in [6.45, 7) is 0.944. The zero-order valence-electron chi connectivity index (χ0n) is 17.3. The molecule has 2 aromatic heterocycles. The zero-order chi connectivity index (χ0) is 21.1. The molecule has 1 aromatic carbocycles. The minimum absolute atomic E-state index is 0.114. The van der Waals surface area contributed by atoms with Gasteiger partial charge >= 0.3 is 5.97 Å². The van der Waals surface area contributed by atoms with Crippen molar-refractivity contribution in [2.75, 3.05) is 27.2 Å². The molecule has 1 aliphatic rings. The van der Waals surface area contributed by atoms with Crippen LogP contribution in [0.4, 0.5) is 0 Å². The van der Waals surface area contributed by atoms with Gasteiger partial charge in [0.2, 0.25) is 0 Å². The van der Waals surface area contributed by atoms with Crippen molar-refractivity contribution in [2.45, 2.75) is 19.3 Å². The summed E-state index contributed by atoms with van der Waals surface area (Å²) in [7, 11) is 3.83. The number of hydrogen-bond donors (Lipinski definition) is 0. The third kappa shape index (κ3) is 4.19. The number of carbonyl (C=O) groups is 1. The number of aromatic nitrogens is 2. The Labute approximate surface area is 175 Å². The predicted molar refractivity (Wildman–Crippen MR) is 118 cm³/mol. The fraction of sp³-hybridized carbons (Fsp3) is 0.292. The van der Waals surface area contributed by atoms with E-state index in [1.807, 2.05) is 49.3 Å². The number of likely N-dealkylation sites (N-methyl/N-ethyl adjacent to an activating group) is 1. The zero-order valence-corrected chi connectivity index (χ0v) is 17.3. The van der Waals surface area contributed by atoms with Gasteiger partial charge in [-0.2, -0.15) is 0 Å². The van der Waals surface area contributed by atoms with E-state index in [9.17, 15) is 9.59 Å². The molecule has 4 rings (SSSR count). The Bertz CT molecular complexity index is 1160. The topological polar surface area (TPSA) is 63.9 Å². The van der Waals surface area contributed by atoms with Crippen molar-refractivity contribution < 1.29 is 9.53 Å². The monoisotopic (exact) mass is 403 g/mol. The van der Waals surface area contributed by atoms with Crippen molar-refractivity contribution in [1.29, 1.82) is 0 Å². The first-order chi connectivity index (χ1) is 14.5. The molecule has 0 amide bonds. The highest BCUT2D eigenvalue weighted by Gasteiger charge is 2.21. The summed E-state index contributed by atoms with van der Waals surface area (Å²) >= 11 is 0. The maximum Gasteiger partial charge on any atom is 0.339 e. The van der Waals surface area contributed by atoms with Crippen molar-refractivity contribution in [3.05, 3.63) is 81.4 Å². The van der Waals surface area contributed by atoms with E-state index in [1.54, 1.807) is 12.1 Å². The van der Waals surface area contributed by atoms with Crippen LogP contribution in [0.25, 0.3) is 17.3 Å². The fourth-order valence-corrected chi connectivity index (χ4v) is 3.66. The largest absolute Gasteiger partial charge is 0.461 e. The highest BCUT2D eigenvalue weighted by Crippen LogP contribution is 2.29. The van der Waals surface area contributed by atoms with E-state index >= 15 is 0 Å². The van der Waals surface area contributed by atoms with Gasteiger partial charge in [0, 0.05) is 18.3 Å². The molecule has 0 atom stereocenters. The molecule has 6 nitrogen and oxygen atoms in total. The second kappa shape index (κ2) is 8.63. The Morgan fingerprint density at radius 3 is 2.73 bits per heavy atom. The van der Waals surface area contributed by atoms with Gasteiger partial charge in [-0.15, -0.1) is 0 Å². The summed E-state index contributed by atoms with van der Waals surface area (Å²) in [5.74, 6) is -0.437. The highest BCUT2D eigenvalue weighted by molar-refractivity contribution is 5.89. The summed E-state index contributed by atoms with van der Waals surface area (Å²) < 4.78 is 6.76. The Morgan fingerprint density at radius 1 is 1.17 bits per heavy atom. The first kappa shape index (κ1) is 20.0. The van der Waals surface area contributed by atoms with Crippen LogP contribution in [0.2, 0.25) is 0 Å². The Kier molecular flexibility index (Phi) is 5.77. The molecule has 3 aromatic rings. The average Bonchev–Trinajstić information content (AvgIpc) is 2.75. The van der Waals surface area contributed by atoms with Crippen molar-refractivity contribution in [2.24, 2.45) is 0 Å². The molecular weight excluding hydrogens is 378 g/mol. The van der Waals surface area contributed by atoms with Crippen LogP contribution in [-0.4, -0.2) is 47.5 Å². The first-order valence-corrected chi connectivity index (χ1v) is 10.2. The third-order valence-electron chi connectivity index (χ3n) is 5.24. The summed E-state index contributed by atoms with van der Waals surface area (Å²) in [6.07, 6.45) is 6.13. The molecule has 0 saturated carbocycles.